The number of likely N-dealkylation sites (tertiary alicyclic amines) is 1. The molecule has 144 valence electrons. The zero-order chi connectivity index (χ0) is 19.4. The highest BCUT2D eigenvalue weighted by atomic mass is 16.6. The molecule has 2 amide bonds. The molecule has 1 fully saturated rings. The van der Waals surface area contributed by atoms with Crippen molar-refractivity contribution in [2.24, 2.45) is 5.92 Å². The van der Waals surface area contributed by atoms with E-state index in [0.29, 0.717) is 18.9 Å². The summed E-state index contributed by atoms with van der Waals surface area (Å²) in [5, 5.41) is 0. The summed E-state index contributed by atoms with van der Waals surface area (Å²) in [7, 11) is 1.62. The Labute approximate surface area is 160 Å². The third-order valence-corrected chi connectivity index (χ3v) is 5.52. The number of carbonyl (C=O) groups excluding carboxylic acids is 2. The van der Waals surface area contributed by atoms with Crippen molar-refractivity contribution >= 4 is 12.0 Å². The second kappa shape index (κ2) is 8.42. The Morgan fingerprint density at radius 3 is 2.63 bits per heavy atom. The number of carbonyl (C=O) groups is 2. The van der Waals surface area contributed by atoms with Crippen molar-refractivity contribution in [1.82, 2.24) is 4.90 Å². The third-order valence-electron chi connectivity index (χ3n) is 5.52. The molecule has 0 aromatic heterocycles. The SMILES string of the molecule is C=C(C)C1CC=C(COC(=O)N2CC(c3ccc(OC)cc3)CC2=O)CC1. The van der Waals surface area contributed by atoms with Gasteiger partial charge in [0.15, 0.2) is 0 Å². The topological polar surface area (TPSA) is 55.8 Å². The lowest BCUT2D eigenvalue weighted by molar-refractivity contribution is -0.126. The van der Waals surface area contributed by atoms with Crippen LogP contribution in [0.4, 0.5) is 4.79 Å². The molecule has 27 heavy (non-hydrogen) atoms. The number of imide groups is 1. The number of hydrogen-bond donors (Lipinski definition) is 0. The van der Waals surface area contributed by atoms with E-state index >= 15 is 0 Å². The Kier molecular flexibility index (Phi) is 5.99. The highest BCUT2D eigenvalue weighted by Gasteiger charge is 2.35. The van der Waals surface area contributed by atoms with Gasteiger partial charge in [-0.1, -0.05) is 30.4 Å². The van der Waals surface area contributed by atoms with Crippen molar-refractivity contribution in [3.8, 4) is 5.75 Å². The van der Waals surface area contributed by atoms with Crippen LogP contribution >= 0.6 is 0 Å². The molecular formula is C22H27NO4. The molecule has 2 aliphatic rings. The van der Waals surface area contributed by atoms with Crippen LogP contribution in [-0.2, 0) is 9.53 Å². The predicted octanol–water partition coefficient (Wildman–Crippen LogP) is 4.45. The Morgan fingerprint density at radius 1 is 1.30 bits per heavy atom. The van der Waals surface area contributed by atoms with Crippen LogP contribution in [-0.4, -0.2) is 37.2 Å². The quantitative estimate of drug-likeness (QED) is 0.720. The van der Waals surface area contributed by atoms with Gasteiger partial charge in [-0.15, -0.1) is 0 Å². The summed E-state index contributed by atoms with van der Waals surface area (Å²) in [6, 6.07) is 7.62. The van der Waals surface area contributed by atoms with Gasteiger partial charge in [-0.25, -0.2) is 9.69 Å². The third kappa shape index (κ3) is 4.59. The zero-order valence-electron chi connectivity index (χ0n) is 16.1. The van der Waals surface area contributed by atoms with Crippen molar-refractivity contribution in [3.63, 3.8) is 0 Å². The maximum atomic E-state index is 12.4. The van der Waals surface area contributed by atoms with Crippen LogP contribution in [0, 0.1) is 5.92 Å². The molecule has 0 spiro atoms. The molecule has 0 N–H and O–H groups in total. The predicted molar refractivity (Wildman–Crippen MR) is 104 cm³/mol. The lowest BCUT2D eigenvalue weighted by atomic mass is 9.86. The highest BCUT2D eigenvalue weighted by Crippen LogP contribution is 2.31. The molecule has 1 aromatic rings. The highest BCUT2D eigenvalue weighted by molar-refractivity contribution is 5.94. The summed E-state index contributed by atoms with van der Waals surface area (Å²) in [5.74, 6) is 1.12. The van der Waals surface area contributed by atoms with E-state index in [2.05, 4.69) is 19.6 Å². The van der Waals surface area contributed by atoms with Crippen LogP contribution < -0.4 is 4.74 Å². The normalized spacial score (nSPS) is 22.4. The number of rotatable bonds is 5. The number of ether oxygens (including phenoxy) is 2. The van der Waals surface area contributed by atoms with Gasteiger partial charge < -0.3 is 9.47 Å². The summed E-state index contributed by atoms with van der Waals surface area (Å²) in [6.45, 7) is 6.70. The van der Waals surface area contributed by atoms with E-state index in [1.54, 1.807) is 7.11 Å². The fraction of sp³-hybridized carbons (Fsp3) is 0.455. The van der Waals surface area contributed by atoms with Gasteiger partial charge in [0.2, 0.25) is 5.91 Å². The van der Waals surface area contributed by atoms with Gasteiger partial charge in [-0.05, 0) is 55.4 Å². The molecule has 2 unspecified atom stereocenters. The van der Waals surface area contributed by atoms with Gasteiger partial charge in [0.1, 0.15) is 12.4 Å². The molecule has 1 aliphatic carbocycles. The Bertz CT molecular complexity index is 750. The fourth-order valence-corrected chi connectivity index (χ4v) is 3.68. The Hall–Kier alpha value is -2.56. The summed E-state index contributed by atoms with van der Waals surface area (Å²) >= 11 is 0. The van der Waals surface area contributed by atoms with E-state index in [4.69, 9.17) is 9.47 Å². The molecule has 0 saturated carbocycles. The van der Waals surface area contributed by atoms with Gasteiger partial charge in [-0.2, -0.15) is 0 Å². The van der Waals surface area contributed by atoms with Crippen LogP contribution in [0.15, 0.2) is 48.1 Å². The second-order valence-electron chi connectivity index (χ2n) is 7.41. The van der Waals surface area contributed by atoms with Gasteiger partial charge in [0.25, 0.3) is 0 Å². The lowest BCUT2D eigenvalue weighted by Gasteiger charge is -2.22. The summed E-state index contributed by atoms with van der Waals surface area (Å²) in [6.07, 6.45) is 4.82. The molecule has 5 heteroatoms. The molecule has 1 aromatic carbocycles. The second-order valence-corrected chi connectivity index (χ2v) is 7.41. The monoisotopic (exact) mass is 369 g/mol. The van der Waals surface area contributed by atoms with Gasteiger partial charge in [0.05, 0.1) is 7.11 Å². The first-order valence-corrected chi connectivity index (χ1v) is 9.42. The maximum Gasteiger partial charge on any atom is 0.416 e. The standard InChI is InChI=1S/C22H27NO4/c1-15(2)17-6-4-16(5-7-17)14-27-22(25)23-13-19(12-21(23)24)18-8-10-20(26-3)11-9-18/h4,8-11,17,19H,1,5-7,12-14H2,2-3H3. The van der Waals surface area contributed by atoms with E-state index in [1.165, 1.54) is 10.5 Å². The number of allylic oxidation sites excluding steroid dienone is 2. The fourth-order valence-electron chi connectivity index (χ4n) is 3.68. The smallest absolute Gasteiger partial charge is 0.416 e. The van der Waals surface area contributed by atoms with Gasteiger partial charge in [-0.3, -0.25) is 4.79 Å². The average Bonchev–Trinajstić information content (AvgIpc) is 3.08. The minimum Gasteiger partial charge on any atom is -0.497 e. The number of nitrogens with zero attached hydrogens (tertiary/aromatic N) is 1. The zero-order valence-corrected chi connectivity index (χ0v) is 16.1. The van der Waals surface area contributed by atoms with Crippen molar-refractivity contribution in [1.29, 1.82) is 0 Å². The first-order valence-electron chi connectivity index (χ1n) is 9.42. The van der Waals surface area contributed by atoms with Crippen molar-refractivity contribution in [3.05, 3.63) is 53.6 Å². The maximum absolute atomic E-state index is 12.4. The molecule has 1 saturated heterocycles. The van der Waals surface area contributed by atoms with E-state index < -0.39 is 6.09 Å². The van der Waals surface area contributed by atoms with Gasteiger partial charge >= 0.3 is 6.09 Å². The van der Waals surface area contributed by atoms with Crippen LogP contribution in [0.2, 0.25) is 0 Å². The first-order chi connectivity index (χ1) is 13.0. The summed E-state index contributed by atoms with van der Waals surface area (Å²) < 4.78 is 10.6. The largest absolute Gasteiger partial charge is 0.497 e. The lowest BCUT2D eigenvalue weighted by Crippen LogP contribution is -2.33. The summed E-state index contributed by atoms with van der Waals surface area (Å²) in [4.78, 5) is 25.9. The van der Waals surface area contributed by atoms with Crippen molar-refractivity contribution in [2.75, 3.05) is 20.3 Å². The van der Waals surface area contributed by atoms with Gasteiger partial charge in [0, 0.05) is 18.9 Å². The molecule has 0 radical (unpaired) electrons. The Balaban J connectivity index is 1.53. The number of amides is 2. The minimum absolute atomic E-state index is 0.00109. The molecule has 0 bridgehead atoms. The number of methoxy groups -OCH3 is 1. The van der Waals surface area contributed by atoms with Crippen LogP contribution in [0.1, 0.15) is 44.1 Å². The van der Waals surface area contributed by atoms with Crippen molar-refractivity contribution < 1.29 is 19.1 Å². The number of benzene rings is 1. The molecule has 1 aliphatic heterocycles. The molecule has 5 nitrogen and oxygen atoms in total. The van der Waals surface area contributed by atoms with E-state index in [0.717, 1.165) is 36.1 Å². The number of hydrogen-bond acceptors (Lipinski definition) is 4. The van der Waals surface area contributed by atoms with Crippen LogP contribution in [0.5, 0.6) is 5.75 Å². The first kappa shape index (κ1) is 19.2. The van der Waals surface area contributed by atoms with Crippen LogP contribution in [0.25, 0.3) is 0 Å². The van der Waals surface area contributed by atoms with E-state index in [9.17, 15) is 9.59 Å². The Morgan fingerprint density at radius 2 is 2.04 bits per heavy atom. The molecule has 1 heterocycles. The molecule has 2 atom stereocenters. The van der Waals surface area contributed by atoms with E-state index in [1.807, 2.05) is 24.3 Å². The average molecular weight is 369 g/mol. The van der Waals surface area contributed by atoms with Crippen LogP contribution in [0.3, 0.4) is 0 Å². The minimum atomic E-state index is -0.543. The van der Waals surface area contributed by atoms with E-state index in [-0.39, 0.29) is 18.4 Å². The molecule has 3 rings (SSSR count). The molecular weight excluding hydrogens is 342 g/mol. The van der Waals surface area contributed by atoms with Crippen molar-refractivity contribution in [2.45, 2.75) is 38.5 Å². The summed E-state index contributed by atoms with van der Waals surface area (Å²) in [5.41, 5.74) is 3.36.